The second kappa shape index (κ2) is 11.5. The maximum absolute atomic E-state index is 10.4. The summed E-state index contributed by atoms with van der Waals surface area (Å²) in [5.41, 5.74) is 0.928. The van der Waals surface area contributed by atoms with E-state index in [0.717, 1.165) is 30.7 Å². The molecule has 0 bridgehead atoms. The van der Waals surface area contributed by atoms with Crippen LogP contribution in [0.1, 0.15) is 18.4 Å². The third-order valence-electron chi connectivity index (χ3n) is 4.31. The molecule has 0 amide bonds. The quantitative estimate of drug-likeness (QED) is 0.513. The van der Waals surface area contributed by atoms with Crippen molar-refractivity contribution in [3.8, 4) is 0 Å². The van der Waals surface area contributed by atoms with E-state index in [4.69, 9.17) is 10.2 Å². The van der Waals surface area contributed by atoms with Crippen molar-refractivity contribution in [2.45, 2.75) is 24.7 Å². The fourth-order valence-electron chi connectivity index (χ4n) is 2.70. The first-order valence-electron chi connectivity index (χ1n) is 8.87. The van der Waals surface area contributed by atoms with E-state index in [0.29, 0.717) is 0 Å². The summed E-state index contributed by atoms with van der Waals surface area (Å²) in [7, 11) is -5.44. The molecule has 2 N–H and O–H groups in total. The summed E-state index contributed by atoms with van der Waals surface area (Å²) in [6, 6.07) is 16.3. The van der Waals surface area contributed by atoms with E-state index in [9.17, 15) is 13.0 Å². The topological polar surface area (TPSA) is 97.7 Å². The van der Waals surface area contributed by atoms with Gasteiger partial charge in [-0.05, 0) is 31.2 Å². The molecule has 0 heterocycles. The first-order valence-corrected chi connectivity index (χ1v) is 12.9. The van der Waals surface area contributed by atoms with Gasteiger partial charge in [0.2, 0.25) is 0 Å². The Labute approximate surface area is 163 Å². The van der Waals surface area contributed by atoms with Crippen LogP contribution < -0.4 is 5.30 Å². The third-order valence-corrected chi connectivity index (χ3v) is 9.31. The first-order chi connectivity index (χ1) is 12.7. The monoisotopic (exact) mass is 412 g/mol. The second-order valence-electron chi connectivity index (χ2n) is 6.60. The zero-order valence-corrected chi connectivity index (χ0v) is 17.6. The first kappa shape index (κ1) is 23.7. The average Bonchev–Trinajstić information content (AvgIpc) is 2.65. The molecule has 0 aliphatic rings. The fraction of sp³-hybridized carbons (Fsp3) is 0.400. The molecule has 0 fully saturated rings. The third kappa shape index (κ3) is 8.50. The Morgan fingerprint density at radius 3 is 1.78 bits per heavy atom. The predicted molar refractivity (Wildman–Crippen MR) is 111 cm³/mol. The molecule has 0 aliphatic heterocycles. The molecule has 0 aliphatic carbocycles. The molecular formula is C20H29O5PS. The molecule has 0 radical (unpaired) electrons. The number of benzene rings is 2. The molecule has 0 aromatic heterocycles. The van der Waals surface area contributed by atoms with Gasteiger partial charge in [0.1, 0.15) is 10.1 Å². The lowest BCUT2D eigenvalue weighted by Crippen LogP contribution is -2.17. The summed E-state index contributed by atoms with van der Waals surface area (Å²) in [6.07, 6.45) is 3.89. The minimum absolute atomic E-state index is 0.178. The van der Waals surface area contributed by atoms with Gasteiger partial charge in [0, 0.05) is 33.3 Å². The van der Waals surface area contributed by atoms with Crippen molar-refractivity contribution < 1.29 is 23.2 Å². The molecule has 0 atom stereocenters. The van der Waals surface area contributed by atoms with Crippen molar-refractivity contribution in [3.63, 3.8) is 0 Å². The van der Waals surface area contributed by atoms with Crippen molar-refractivity contribution in [3.05, 3.63) is 60.2 Å². The molecule has 7 heteroatoms. The van der Waals surface area contributed by atoms with Crippen molar-refractivity contribution >= 4 is 22.7 Å². The smallest absolute Gasteiger partial charge is 0.124 e. The van der Waals surface area contributed by atoms with E-state index < -0.39 is 17.4 Å². The molecule has 2 aromatic rings. The Hall–Kier alpha value is -1.30. The van der Waals surface area contributed by atoms with Crippen LogP contribution in [-0.2, 0) is 10.1 Å². The molecule has 0 spiro atoms. The molecule has 0 unspecified atom stereocenters. The van der Waals surface area contributed by atoms with E-state index in [1.807, 2.05) is 13.0 Å². The summed E-state index contributed by atoms with van der Waals surface area (Å²) in [4.78, 5) is -0.178. The average molecular weight is 412 g/mol. The van der Waals surface area contributed by atoms with Gasteiger partial charge in [0.15, 0.2) is 0 Å². The molecule has 2 aromatic carbocycles. The lowest BCUT2D eigenvalue weighted by Gasteiger charge is -2.22. The van der Waals surface area contributed by atoms with Gasteiger partial charge in [-0.3, -0.25) is 0 Å². The zero-order valence-electron chi connectivity index (χ0n) is 15.9. The number of aliphatic hydroxyl groups is 2. The van der Waals surface area contributed by atoms with Crippen LogP contribution >= 0.6 is 7.26 Å². The number of aryl methyl sites for hydroxylation is 1. The van der Waals surface area contributed by atoms with Gasteiger partial charge in [-0.15, -0.1) is 0 Å². The summed E-state index contributed by atoms with van der Waals surface area (Å²) in [5, 5.41) is 19.4. The van der Waals surface area contributed by atoms with Gasteiger partial charge in [-0.2, -0.15) is 0 Å². The molecular weight excluding hydrogens is 383 g/mol. The standard InChI is InChI=1S/C13H22O2P.C7H8O3S/c1-16(11-5-9-14,12-6-10-15)13-7-3-2-4-8-13;1-6-2-4-7(5-3-6)11(8,9)10/h2-4,7-8,14-15H,5-6,9-12H2,1H3;2-5H,1H3,(H,8,9,10)/q+1;/p-1. The van der Waals surface area contributed by atoms with E-state index in [2.05, 4.69) is 30.9 Å². The van der Waals surface area contributed by atoms with Crippen LogP contribution in [-0.4, -0.2) is 55.4 Å². The highest BCUT2D eigenvalue weighted by molar-refractivity contribution is 7.85. The Morgan fingerprint density at radius 2 is 1.37 bits per heavy atom. The lowest BCUT2D eigenvalue weighted by atomic mass is 10.2. The molecule has 0 saturated carbocycles. The lowest BCUT2D eigenvalue weighted by molar-refractivity contribution is 0.294. The Morgan fingerprint density at radius 1 is 0.889 bits per heavy atom. The van der Waals surface area contributed by atoms with Gasteiger partial charge in [0.25, 0.3) is 0 Å². The van der Waals surface area contributed by atoms with E-state index in [-0.39, 0.29) is 18.1 Å². The summed E-state index contributed by atoms with van der Waals surface area (Å²) in [6.45, 7) is 4.68. The molecule has 5 nitrogen and oxygen atoms in total. The van der Waals surface area contributed by atoms with Crippen molar-refractivity contribution in [2.24, 2.45) is 0 Å². The highest BCUT2D eigenvalue weighted by Gasteiger charge is 2.32. The zero-order chi connectivity index (χ0) is 20.3. The van der Waals surface area contributed by atoms with Crippen molar-refractivity contribution in [2.75, 3.05) is 32.2 Å². The van der Waals surface area contributed by atoms with Gasteiger partial charge in [0.05, 0.1) is 29.2 Å². The largest absolute Gasteiger partial charge is 0.744 e. The molecule has 150 valence electrons. The van der Waals surface area contributed by atoms with E-state index >= 15 is 0 Å². The normalized spacial score (nSPS) is 11.6. The van der Waals surface area contributed by atoms with Gasteiger partial charge in [-0.25, -0.2) is 8.42 Å². The molecule has 0 saturated heterocycles. The van der Waals surface area contributed by atoms with Crippen LogP contribution in [0, 0.1) is 6.92 Å². The minimum atomic E-state index is -4.27. The minimum Gasteiger partial charge on any atom is -0.744 e. The van der Waals surface area contributed by atoms with E-state index in [1.165, 1.54) is 17.4 Å². The van der Waals surface area contributed by atoms with Crippen LogP contribution in [0.4, 0.5) is 0 Å². The number of aliphatic hydroxyl groups excluding tert-OH is 2. The SMILES string of the molecule is C[P+](CCCO)(CCCO)c1ccccc1.Cc1ccc(S(=O)(=O)[O-])cc1. The number of hydrogen-bond donors (Lipinski definition) is 2. The van der Waals surface area contributed by atoms with Crippen molar-refractivity contribution in [1.29, 1.82) is 0 Å². The molecule has 2 rings (SSSR count). The van der Waals surface area contributed by atoms with Crippen LogP contribution in [0.2, 0.25) is 0 Å². The maximum Gasteiger partial charge on any atom is 0.124 e. The summed E-state index contributed by atoms with van der Waals surface area (Å²) in [5.74, 6) is 0. The highest BCUT2D eigenvalue weighted by atomic mass is 32.2. The Kier molecular flexibility index (Phi) is 10.1. The number of hydrogen-bond acceptors (Lipinski definition) is 5. The van der Waals surface area contributed by atoms with Gasteiger partial charge < -0.3 is 14.8 Å². The van der Waals surface area contributed by atoms with Crippen LogP contribution in [0.3, 0.4) is 0 Å². The Balaban J connectivity index is 0.000000289. The van der Waals surface area contributed by atoms with Crippen LogP contribution in [0.25, 0.3) is 0 Å². The molecule has 27 heavy (non-hydrogen) atoms. The number of rotatable bonds is 8. The summed E-state index contributed by atoms with van der Waals surface area (Å²) < 4.78 is 31.2. The van der Waals surface area contributed by atoms with Crippen LogP contribution in [0.15, 0.2) is 59.5 Å². The van der Waals surface area contributed by atoms with E-state index in [1.54, 1.807) is 12.1 Å². The van der Waals surface area contributed by atoms with Gasteiger partial charge in [-0.1, -0.05) is 35.9 Å². The highest BCUT2D eigenvalue weighted by Crippen LogP contribution is 2.54. The van der Waals surface area contributed by atoms with Crippen molar-refractivity contribution in [1.82, 2.24) is 0 Å². The predicted octanol–water partition coefficient (Wildman–Crippen LogP) is 2.62. The summed E-state index contributed by atoms with van der Waals surface area (Å²) >= 11 is 0. The second-order valence-corrected chi connectivity index (χ2v) is 12.2. The Bertz CT molecular complexity index is 753. The maximum atomic E-state index is 10.4. The fourth-order valence-corrected chi connectivity index (χ4v) is 6.48. The van der Waals surface area contributed by atoms with Crippen LogP contribution in [0.5, 0.6) is 0 Å². The van der Waals surface area contributed by atoms with Gasteiger partial charge >= 0.3 is 0 Å².